The molecule has 0 radical (unpaired) electrons. The smallest absolute Gasteiger partial charge is 0.330 e. The first kappa shape index (κ1) is 19.7. The van der Waals surface area contributed by atoms with Crippen LogP contribution in [0.2, 0.25) is 0 Å². The maximum absolute atomic E-state index is 13.5. The third-order valence-electron chi connectivity index (χ3n) is 5.58. The first-order chi connectivity index (χ1) is 12.9. The van der Waals surface area contributed by atoms with Gasteiger partial charge in [0.1, 0.15) is 0 Å². The fourth-order valence-electron chi connectivity index (χ4n) is 4.51. The van der Waals surface area contributed by atoms with Crippen molar-refractivity contribution < 1.29 is 19.1 Å². The second-order valence-electron chi connectivity index (χ2n) is 8.28. The fourth-order valence-corrected chi connectivity index (χ4v) is 4.51. The van der Waals surface area contributed by atoms with Crippen molar-refractivity contribution in [1.29, 1.82) is 0 Å². The molecule has 0 amide bonds. The lowest BCUT2D eigenvalue weighted by Gasteiger charge is -2.38. The van der Waals surface area contributed by atoms with Crippen LogP contribution in [0.5, 0.6) is 0 Å². The van der Waals surface area contributed by atoms with Gasteiger partial charge in [-0.05, 0) is 52.5 Å². The van der Waals surface area contributed by atoms with Crippen LogP contribution in [0.3, 0.4) is 0 Å². The van der Waals surface area contributed by atoms with Crippen LogP contribution in [0.25, 0.3) is 0 Å². The van der Waals surface area contributed by atoms with Crippen molar-refractivity contribution in [3.05, 3.63) is 29.8 Å². The quantitative estimate of drug-likeness (QED) is 0.619. The predicted molar refractivity (Wildman–Crippen MR) is 105 cm³/mol. The molecule has 1 heterocycles. The van der Waals surface area contributed by atoms with E-state index in [4.69, 9.17) is 9.47 Å². The van der Waals surface area contributed by atoms with Crippen molar-refractivity contribution in [2.45, 2.75) is 83.5 Å². The number of esters is 2. The Morgan fingerprint density at radius 3 is 2.07 bits per heavy atom. The van der Waals surface area contributed by atoms with Gasteiger partial charge in [0.15, 0.2) is 0 Å². The lowest BCUT2D eigenvalue weighted by Crippen LogP contribution is -2.57. The van der Waals surface area contributed by atoms with Crippen LogP contribution in [-0.4, -0.2) is 30.2 Å². The van der Waals surface area contributed by atoms with Crippen LogP contribution >= 0.6 is 0 Å². The minimum absolute atomic E-state index is 0.227. The lowest BCUT2D eigenvalue weighted by molar-refractivity contribution is -0.171. The molecule has 3 rings (SSSR count). The summed E-state index contributed by atoms with van der Waals surface area (Å²) in [6, 6.07) is 7.23. The van der Waals surface area contributed by atoms with Gasteiger partial charge in [0.2, 0.25) is 5.41 Å². The van der Waals surface area contributed by atoms with Crippen LogP contribution in [0.1, 0.15) is 65.4 Å². The summed E-state index contributed by atoms with van der Waals surface area (Å²) in [7, 11) is 0. The third kappa shape index (κ3) is 3.56. The normalized spacial score (nSPS) is 21.6. The van der Waals surface area contributed by atoms with Gasteiger partial charge in [-0.15, -0.1) is 0 Å². The minimum Gasteiger partial charge on any atom is -0.462 e. The van der Waals surface area contributed by atoms with E-state index >= 15 is 0 Å². The second-order valence-corrected chi connectivity index (χ2v) is 8.28. The van der Waals surface area contributed by atoms with E-state index < -0.39 is 17.4 Å². The lowest BCUT2D eigenvalue weighted by atomic mass is 9.68. The topological polar surface area (TPSA) is 64.6 Å². The Morgan fingerprint density at radius 1 is 0.963 bits per heavy atom. The van der Waals surface area contributed by atoms with Gasteiger partial charge in [0.25, 0.3) is 0 Å². The van der Waals surface area contributed by atoms with E-state index in [1.165, 1.54) is 6.42 Å². The van der Waals surface area contributed by atoms with Crippen molar-refractivity contribution in [2.24, 2.45) is 5.92 Å². The third-order valence-corrected chi connectivity index (χ3v) is 5.58. The summed E-state index contributed by atoms with van der Waals surface area (Å²) in [5.41, 5.74) is 0.0546. The highest BCUT2D eigenvalue weighted by molar-refractivity contribution is 6.10. The first-order valence-electron chi connectivity index (χ1n) is 10.2. The van der Waals surface area contributed by atoms with Gasteiger partial charge in [0, 0.05) is 11.3 Å². The molecule has 0 bridgehead atoms. The monoisotopic (exact) mass is 373 g/mol. The zero-order valence-electron chi connectivity index (χ0n) is 16.8. The largest absolute Gasteiger partial charge is 0.462 e. The summed E-state index contributed by atoms with van der Waals surface area (Å²) in [5, 5.41) is 3.50. The number of para-hydroxylation sites is 1. The SMILES string of the molecule is CC(C)OC(=O)C1(C(=O)OC(C)C)c2ccccc2N[C@@H]1C1CCCCC1. The highest BCUT2D eigenvalue weighted by Gasteiger charge is 2.63. The minimum atomic E-state index is -1.45. The summed E-state index contributed by atoms with van der Waals surface area (Å²) in [6.07, 6.45) is 4.83. The maximum atomic E-state index is 13.5. The van der Waals surface area contributed by atoms with Crippen molar-refractivity contribution in [1.82, 2.24) is 0 Å². The van der Waals surface area contributed by atoms with Gasteiger partial charge in [0.05, 0.1) is 18.2 Å². The first-order valence-corrected chi connectivity index (χ1v) is 10.2. The Morgan fingerprint density at radius 2 is 1.52 bits per heavy atom. The molecule has 1 saturated carbocycles. The Bertz CT molecular complexity index is 669. The van der Waals surface area contributed by atoms with Gasteiger partial charge in [-0.2, -0.15) is 0 Å². The fraction of sp³-hybridized carbons (Fsp3) is 0.636. The summed E-state index contributed by atoms with van der Waals surface area (Å²) in [5.74, 6) is -0.780. The van der Waals surface area contributed by atoms with E-state index in [1.54, 1.807) is 0 Å². The van der Waals surface area contributed by atoms with Gasteiger partial charge < -0.3 is 14.8 Å². The van der Waals surface area contributed by atoms with Crippen LogP contribution < -0.4 is 5.32 Å². The molecule has 0 aromatic heterocycles. The van der Waals surface area contributed by atoms with Crippen LogP contribution in [0, 0.1) is 5.92 Å². The Balaban J connectivity index is 2.13. The van der Waals surface area contributed by atoms with Crippen LogP contribution in [0.4, 0.5) is 5.69 Å². The molecule has 0 unspecified atom stereocenters. The molecule has 2 aliphatic rings. The average molecular weight is 373 g/mol. The molecular weight excluding hydrogens is 342 g/mol. The zero-order valence-corrected chi connectivity index (χ0v) is 16.8. The predicted octanol–water partition coefficient (Wildman–Crippen LogP) is 4.20. The summed E-state index contributed by atoms with van der Waals surface area (Å²) < 4.78 is 11.3. The van der Waals surface area contributed by atoms with Gasteiger partial charge in [-0.3, -0.25) is 9.59 Å². The van der Waals surface area contributed by atoms with E-state index in [2.05, 4.69) is 5.32 Å². The molecule has 1 aliphatic heterocycles. The van der Waals surface area contributed by atoms with E-state index in [0.29, 0.717) is 5.56 Å². The van der Waals surface area contributed by atoms with Crippen LogP contribution in [-0.2, 0) is 24.5 Å². The van der Waals surface area contributed by atoms with Crippen molar-refractivity contribution in [3.63, 3.8) is 0 Å². The molecule has 148 valence electrons. The average Bonchev–Trinajstić information content (AvgIpc) is 2.97. The molecule has 1 atom stereocenters. The number of nitrogens with one attached hydrogen (secondary N) is 1. The number of fused-ring (bicyclic) bond motifs is 1. The maximum Gasteiger partial charge on any atom is 0.330 e. The van der Waals surface area contributed by atoms with Gasteiger partial charge >= 0.3 is 11.9 Å². The summed E-state index contributed by atoms with van der Waals surface area (Å²) in [4.78, 5) is 26.9. The number of carbonyl (C=O) groups is 2. The van der Waals surface area contributed by atoms with Crippen molar-refractivity contribution in [2.75, 3.05) is 5.32 Å². The number of rotatable bonds is 5. The highest BCUT2D eigenvalue weighted by atomic mass is 16.6. The number of anilines is 1. The Kier molecular flexibility index (Phi) is 5.78. The van der Waals surface area contributed by atoms with Crippen LogP contribution in [0.15, 0.2) is 24.3 Å². The molecule has 5 nitrogen and oxygen atoms in total. The Hall–Kier alpha value is -2.04. The van der Waals surface area contributed by atoms with Gasteiger partial charge in [-0.1, -0.05) is 37.5 Å². The van der Waals surface area contributed by atoms with E-state index in [9.17, 15) is 9.59 Å². The zero-order chi connectivity index (χ0) is 19.6. The highest BCUT2D eigenvalue weighted by Crippen LogP contribution is 2.48. The molecular formula is C22H31NO4. The van der Waals surface area contributed by atoms with E-state index in [1.807, 2.05) is 52.0 Å². The molecule has 1 aromatic carbocycles. The van der Waals surface area contributed by atoms with E-state index in [0.717, 1.165) is 31.4 Å². The molecule has 1 N–H and O–H groups in total. The molecule has 5 heteroatoms. The molecule has 0 saturated heterocycles. The molecule has 1 aromatic rings. The Labute approximate surface area is 161 Å². The summed E-state index contributed by atoms with van der Waals surface area (Å²) >= 11 is 0. The number of ether oxygens (including phenoxy) is 2. The number of benzene rings is 1. The number of hydrogen-bond acceptors (Lipinski definition) is 5. The number of hydrogen-bond donors (Lipinski definition) is 1. The molecule has 0 spiro atoms. The van der Waals surface area contributed by atoms with Gasteiger partial charge in [-0.25, -0.2) is 0 Å². The molecule has 27 heavy (non-hydrogen) atoms. The number of carbonyl (C=O) groups excluding carboxylic acids is 2. The summed E-state index contributed by atoms with van der Waals surface area (Å²) in [6.45, 7) is 7.24. The van der Waals surface area contributed by atoms with E-state index in [-0.39, 0.29) is 24.2 Å². The molecule has 1 aliphatic carbocycles. The van der Waals surface area contributed by atoms with Crippen molar-refractivity contribution in [3.8, 4) is 0 Å². The standard InChI is InChI=1S/C22H31NO4/c1-14(2)26-20(24)22(21(25)27-15(3)4)17-12-8-9-13-18(17)23-19(22)16-10-6-5-7-11-16/h8-9,12-16,19,23H,5-7,10-11H2,1-4H3/t19-/m1/s1. The second kappa shape index (κ2) is 7.91. The molecule has 1 fully saturated rings. The van der Waals surface area contributed by atoms with Crippen molar-refractivity contribution >= 4 is 17.6 Å².